The molecule has 0 rings (SSSR count). The molecule has 0 fully saturated rings. The van der Waals surface area contributed by atoms with Crippen LogP contribution in [-0.2, 0) is 28.6 Å². The number of ether oxygens (including phenoxy) is 3. The van der Waals surface area contributed by atoms with Crippen molar-refractivity contribution in [1.29, 1.82) is 0 Å². The first-order chi connectivity index (χ1) is 28.0. The van der Waals surface area contributed by atoms with Crippen LogP contribution in [0.15, 0.2) is 72.9 Å². The first-order valence-corrected chi connectivity index (χ1v) is 23.4. The van der Waals surface area contributed by atoms with Gasteiger partial charge in [0.15, 0.2) is 6.10 Å². The van der Waals surface area contributed by atoms with Crippen molar-refractivity contribution in [3.8, 4) is 0 Å². The summed E-state index contributed by atoms with van der Waals surface area (Å²) in [5.41, 5.74) is 0. The Labute approximate surface area is 351 Å². The summed E-state index contributed by atoms with van der Waals surface area (Å²) in [6.45, 7) is 6.42. The molecule has 57 heavy (non-hydrogen) atoms. The highest BCUT2D eigenvalue weighted by Crippen LogP contribution is 2.13. The minimum absolute atomic E-state index is 0.0958. The van der Waals surface area contributed by atoms with Gasteiger partial charge >= 0.3 is 17.9 Å². The summed E-state index contributed by atoms with van der Waals surface area (Å²) >= 11 is 0. The molecule has 0 heterocycles. The van der Waals surface area contributed by atoms with Crippen molar-refractivity contribution >= 4 is 17.9 Å². The topological polar surface area (TPSA) is 78.9 Å². The van der Waals surface area contributed by atoms with Crippen LogP contribution in [-0.4, -0.2) is 37.2 Å². The maximum absolute atomic E-state index is 12.7. The van der Waals surface area contributed by atoms with Gasteiger partial charge in [-0.1, -0.05) is 184 Å². The summed E-state index contributed by atoms with van der Waals surface area (Å²) in [7, 11) is 0. The Balaban J connectivity index is 4.46. The SMILES string of the molecule is CC/C=C\C/C=C\C/C=C\C/C=C\C/C=C\CCCC(=O)OCC(COC(=O)CCCCCCCCCCC)OC(=O)CCCCCCC/C=C\CCCCCC. The van der Waals surface area contributed by atoms with Gasteiger partial charge in [0.1, 0.15) is 13.2 Å². The Kier molecular flexibility index (Phi) is 43.0. The van der Waals surface area contributed by atoms with Crippen molar-refractivity contribution in [3.63, 3.8) is 0 Å². The monoisotopic (exact) mass is 795 g/mol. The molecule has 0 saturated carbocycles. The molecule has 6 nitrogen and oxygen atoms in total. The molecule has 6 heteroatoms. The van der Waals surface area contributed by atoms with Crippen LogP contribution < -0.4 is 0 Å². The number of hydrogen-bond donors (Lipinski definition) is 0. The molecule has 0 aromatic carbocycles. The fraction of sp³-hybridized carbons (Fsp3) is 0.706. The smallest absolute Gasteiger partial charge is 0.306 e. The predicted octanol–water partition coefficient (Wildman–Crippen LogP) is 15.1. The van der Waals surface area contributed by atoms with Gasteiger partial charge < -0.3 is 14.2 Å². The highest BCUT2D eigenvalue weighted by atomic mass is 16.6. The average molecular weight is 795 g/mol. The number of hydrogen-bond acceptors (Lipinski definition) is 6. The summed E-state index contributed by atoms with van der Waals surface area (Å²) in [4.78, 5) is 37.7. The van der Waals surface area contributed by atoms with E-state index in [0.717, 1.165) is 89.9 Å². The largest absolute Gasteiger partial charge is 0.462 e. The van der Waals surface area contributed by atoms with E-state index in [4.69, 9.17) is 14.2 Å². The zero-order chi connectivity index (χ0) is 41.5. The van der Waals surface area contributed by atoms with Crippen LogP contribution in [0.2, 0.25) is 0 Å². The molecule has 0 saturated heterocycles. The molecule has 0 aromatic rings. The summed E-state index contributed by atoms with van der Waals surface area (Å²) in [6, 6.07) is 0. The molecule has 0 aliphatic carbocycles. The minimum atomic E-state index is -0.798. The molecule has 0 spiro atoms. The summed E-state index contributed by atoms with van der Waals surface area (Å²) in [5, 5.41) is 0. The van der Waals surface area contributed by atoms with E-state index < -0.39 is 6.10 Å². The Hall–Kier alpha value is -3.15. The van der Waals surface area contributed by atoms with Crippen LogP contribution >= 0.6 is 0 Å². The van der Waals surface area contributed by atoms with E-state index in [2.05, 4.69) is 93.7 Å². The maximum atomic E-state index is 12.7. The highest BCUT2D eigenvalue weighted by molar-refractivity contribution is 5.71. The van der Waals surface area contributed by atoms with Gasteiger partial charge in [-0.3, -0.25) is 14.4 Å². The Morgan fingerprint density at radius 1 is 0.368 bits per heavy atom. The second kappa shape index (κ2) is 45.6. The van der Waals surface area contributed by atoms with Gasteiger partial charge in [0.2, 0.25) is 0 Å². The molecule has 0 aliphatic rings. The van der Waals surface area contributed by atoms with Crippen LogP contribution in [0.4, 0.5) is 0 Å². The van der Waals surface area contributed by atoms with E-state index >= 15 is 0 Å². The Morgan fingerprint density at radius 3 is 1.18 bits per heavy atom. The summed E-state index contributed by atoms with van der Waals surface area (Å²) in [5.74, 6) is -0.972. The lowest BCUT2D eigenvalue weighted by Crippen LogP contribution is -2.30. The second-order valence-electron chi connectivity index (χ2n) is 15.3. The molecular weight excluding hydrogens is 709 g/mol. The lowest BCUT2D eigenvalue weighted by molar-refractivity contribution is -0.167. The molecule has 0 radical (unpaired) electrons. The number of allylic oxidation sites excluding steroid dienone is 12. The molecule has 1 atom stereocenters. The van der Waals surface area contributed by atoms with E-state index in [1.165, 1.54) is 77.0 Å². The standard InChI is InChI=1S/C51H86O6/c1-4-7-10-13-16-19-21-23-24-25-26-28-29-32-35-38-41-44-50(53)56-47-48(46-55-49(52)43-40-37-34-31-18-15-12-9-6-3)57-51(54)45-42-39-36-33-30-27-22-20-17-14-11-8-5-2/h7,10,16,19-20,22-24,26,28,32,35,48H,4-6,8-9,11-15,17-18,21,25,27,29-31,33-34,36-47H2,1-3H3/b10-7-,19-16-,22-20-,24-23-,28-26-,35-32-. The van der Waals surface area contributed by atoms with E-state index in [1.54, 1.807) is 0 Å². The first kappa shape index (κ1) is 53.9. The van der Waals surface area contributed by atoms with Gasteiger partial charge in [0, 0.05) is 19.3 Å². The number of carbonyl (C=O) groups excluding carboxylic acids is 3. The van der Waals surface area contributed by atoms with Crippen LogP contribution in [0.1, 0.15) is 213 Å². The molecule has 1 unspecified atom stereocenters. The first-order valence-electron chi connectivity index (χ1n) is 23.4. The fourth-order valence-electron chi connectivity index (χ4n) is 6.18. The van der Waals surface area contributed by atoms with E-state index in [-0.39, 0.29) is 37.5 Å². The summed E-state index contributed by atoms with van der Waals surface area (Å²) < 4.78 is 16.6. The van der Waals surface area contributed by atoms with Gasteiger partial charge in [-0.05, 0) is 83.5 Å². The van der Waals surface area contributed by atoms with Gasteiger partial charge in [0.25, 0.3) is 0 Å². The molecule has 0 N–H and O–H groups in total. The van der Waals surface area contributed by atoms with Crippen molar-refractivity contribution in [1.82, 2.24) is 0 Å². The molecule has 0 amide bonds. The third kappa shape index (κ3) is 43.8. The third-order valence-corrected chi connectivity index (χ3v) is 9.70. The van der Waals surface area contributed by atoms with Crippen molar-refractivity contribution in [2.45, 2.75) is 219 Å². The number of esters is 3. The van der Waals surface area contributed by atoms with Gasteiger partial charge in [0.05, 0.1) is 0 Å². The van der Waals surface area contributed by atoms with Gasteiger partial charge in [-0.25, -0.2) is 0 Å². The normalized spacial score (nSPS) is 12.7. The summed E-state index contributed by atoms with van der Waals surface area (Å²) in [6.07, 6.45) is 56.0. The maximum Gasteiger partial charge on any atom is 0.306 e. The van der Waals surface area contributed by atoms with Crippen molar-refractivity contribution in [2.24, 2.45) is 0 Å². The van der Waals surface area contributed by atoms with Crippen molar-refractivity contribution in [3.05, 3.63) is 72.9 Å². The van der Waals surface area contributed by atoms with Gasteiger partial charge in [-0.15, -0.1) is 0 Å². The zero-order valence-corrected chi connectivity index (χ0v) is 37.1. The molecule has 0 bridgehead atoms. The van der Waals surface area contributed by atoms with Crippen LogP contribution in [0.3, 0.4) is 0 Å². The minimum Gasteiger partial charge on any atom is -0.462 e. The molecular formula is C51H86O6. The van der Waals surface area contributed by atoms with E-state index in [1.807, 2.05) is 0 Å². The fourth-order valence-corrected chi connectivity index (χ4v) is 6.18. The van der Waals surface area contributed by atoms with E-state index in [9.17, 15) is 14.4 Å². The lowest BCUT2D eigenvalue weighted by Gasteiger charge is -2.18. The number of carbonyl (C=O) groups is 3. The highest BCUT2D eigenvalue weighted by Gasteiger charge is 2.19. The number of rotatable bonds is 41. The third-order valence-electron chi connectivity index (χ3n) is 9.70. The predicted molar refractivity (Wildman–Crippen MR) is 242 cm³/mol. The second-order valence-corrected chi connectivity index (χ2v) is 15.3. The number of unbranched alkanes of at least 4 members (excludes halogenated alkanes) is 18. The van der Waals surface area contributed by atoms with Crippen molar-refractivity contribution in [2.75, 3.05) is 13.2 Å². The quantitative estimate of drug-likeness (QED) is 0.0265. The molecule has 0 aromatic heterocycles. The zero-order valence-electron chi connectivity index (χ0n) is 37.1. The average Bonchev–Trinajstić information content (AvgIpc) is 3.21. The molecule has 326 valence electrons. The Bertz CT molecular complexity index is 1100. The van der Waals surface area contributed by atoms with Crippen LogP contribution in [0, 0.1) is 0 Å². The Morgan fingerprint density at radius 2 is 0.702 bits per heavy atom. The van der Waals surface area contributed by atoms with Crippen molar-refractivity contribution < 1.29 is 28.6 Å². The molecule has 0 aliphatic heterocycles. The van der Waals surface area contributed by atoms with Crippen LogP contribution in [0.5, 0.6) is 0 Å². The lowest BCUT2D eigenvalue weighted by atomic mass is 10.1. The van der Waals surface area contributed by atoms with Gasteiger partial charge in [-0.2, -0.15) is 0 Å². The van der Waals surface area contributed by atoms with E-state index in [0.29, 0.717) is 19.3 Å². The van der Waals surface area contributed by atoms with Crippen LogP contribution in [0.25, 0.3) is 0 Å².